The topological polar surface area (TPSA) is 120 Å². The first-order valence-electron chi connectivity index (χ1n) is 10.9. The molecule has 1 fully saturated rings. The van der Waals surface area contributed by atoms with Crippen LogP contribution in [0.25, 0.3) is 10.9 Å². The molecule has 1 aliphatic rings. The zero-order valence-corrected chi connectivity index (χ0v) is 18.9. The lowest BCUT2D eigenvalue weighted by Gasteiger charge is -2.41. The summed E-state index contributed by atoms with van der Waals surface area (Å²) >= 11 is 0. The zero-order chi connectivity index (χ0) is 23.5. The summed E-state index contributed by atoms with van der Waals surface area (Å²) in [5.41, 5.74) is 1.55. The second-order valence-electron chi connectivity index (χ2n) is 8.52. The van der Waals surface area contributed by atoms with Gasteiger partial charge in [0, 0.05) is 48.9 Å². The van der Waals surface area contributed by atoms with E-state index < -0.39 is 4.92 Å². The molecule has 0 amide bonds. The number of hydrogen-bond acceptors (Lipinski definition) is 8. The SMILES string of the molecule is CC(C)N=Nc1cccnc1N(C)C1CCN(c2cc3cc([N+](=O)[O-])ccc3[nH]2)C(C=O)C1. The number of nitro benzene ring substituents is 1. The summed E-state index contributed by atoms with van der Waals surface area (Å²) in [5, 5.41) is 20.4. The van der Waals surface area contributed by atoms with Crippen molar-refractivity contribution in [3.05, 3.63) is 52.7 Å². The Labute approximate surface area is 191 Å². The van der Waals surface area contributed by atoms with E-state index in [1.807, 2.05) is 44.0 Å². The minimum Gasteiger partial charge on any atom is -0.355 e. The van der Waals surface area contributed by atoms with Crippen molar-refractivity contribution in [2.24, 2.45) is 10.2 Å². The molecule has 2 aromatic heterocycles. The highest BCUT2D eigenvalue weighted by atomic mass is 16.6. The number of non-ortho nitro benzene ring substituents is 1. The molecule has 33 heavy (non-hydrogen) atoms. The molecule has 0 radical (unpaired) electrons. The lowest BCUT2D eigenvalue weighted by molar-refractivity contribution is -0.384. The van der Waals surface area contributed by atoms with Crippen molar-refractivity contribution in [3.8, 4) is 0 Å². The third-order valence-corrected chi connectivity index (χ3v) is 5.93. The van der Waals surface area contributed by atoms with E-state index in [2.05, 4.69) is 25.1 Å². The molecule has 10 nitrogen and oxygen atoms in total. The Morgan fingerprint density at radius 3 is 2.88 bits per heavy atom. The molecule has 1 saturated heterocycles. The van der Waals surface area contributed by atoms with Gasteiger partial charge in [0.25, 0.3) is 5.69 Å². The molecular weight excluding hydrogens is 422 g/mol. The lowest BCUT2D eigenvalue weighted by atomic mass is 9.96. The number of aromatic nitrogens is 2. The standard InChI is InChI=1S/C23H27N7O3/c1-15(2)26-27-21-5-4-9-24-23(21)28(3)17-8-10-29(19(13-17)14-31)22-12-16-11-18(30(32)33)6-7-20(16)25-22/h4-7,9,11-12,14-15,17,19,25H,8,10,13H2,1-3H3. The van der Waals surface area contributed by atoms with Gasteiger partial charge in [-0.2, -0.15) is 10.2 Å². The van der Waals surface area contributed by atoms with Crippen LogP contribution in [0.4, 0.5) is 23.0 Å². The average molecular weight is 450 g/mol. The van der Waals surface area contributed by atoms with Gasteiger partial charge in [-0.3, -0.25) is 10.1 Å². The number of azo groups is 1. The fourth-order valence-electron chi connectivity index (χ4n) is 4.22. The largest absolute Gasteiger partial charge is 0.355 e. The number of nitrogens with zero attached hydrogens (tertiary/aromatic N) is 6. The van der Waals surface area contributed by atoms with Gasteiger partial charge in [-0.15, -0.1) is 0 Å². The van der Waals surface area contributed by atoms with Crippen LogP contribution in [0.1, 0.15) is 26.7 Å². The average Bonchev–Trinajstić information content (AvgIpc) is 3.25. The Bertz CT molecular complexity index is 1190. The van der Waals surface area contributed by atoms with Crippen LogP contribution in [0, 0.1) is 10.1 Å². The number of benzene rings is 1. The summed E-state index contributed by atoms with van der Waals surface area (Å²) in [6, 6.07) is 10.2. The van der Waals surface area contributed by atoms with E-state index in [1.54, 1.807) is 18.3 Å². The summed E-state index contributed by atoms with van der Waals surface area (Å²) in [7, 11) is 1.97. The van der Waals surface area contributed by atoms with Gasteiger partial charge in [-0.25, -0.2) is 4.98 Å². The molecule has 0 bridgehead atoms. The fraction of sp³-hybridized carbons (Fsp3) is 0.391. The predicted molar refractivity (Wildman–Crippen MR) is 127 cm³/mol. The number of nitrogens with one attached hydrogen (secondary N) is 1. The van der Waals surface area contributed by atoms with Gasteiger partial charge < -0.3 is 19.6 Å². The van der Waals surface area contributed by atoms with Crippen LogP contribution >= 0.6 is 0 Å². The highest BCUT2D eigenvalue weighted by Gasteiger charge is 2.32. The van der Waals surface area contributed by atoms with Crippen molar-refractivity contribution < 1.29 is 9.72 Å². The van der Waals surface area contributed by atoms with E-state index in [0.29, 0.717) is 18.7 Å². The van der Waals surface area contributed by atoms with Gasteiger partial charge in [-0.05, 0) is 51.0 Å². The Balaban J connectivity index is 1.54. The molecule has 2 atom stereocenters. The minimum atomic E-state index is -0.408. The number of fused-ring (bicyclic) bond motifs is 1. The molecule has 0 aliphatic carbocycles. The van der Waals surface area contributed by atoms with Gasteiger partial charge in [0.2, 0.25) is 0 Å². The molecule has 0 saturated carbocycles. The number of H-pyrrole nitrogens is 1. The molecule has 4 rings (SSSR count). The maximum Gasteiger partial charge on any atom is 0.270 e. The van der Waals surface area contributed by atoms with Crippen molar-refractivity contribution in [3.63, 3.8) is 0 Å². The number of aromatic amines is 1. The van der Waals surface area contributed by atoms with Gasteiger partial charge in [0.05, 0.1) is 17.0 Å². The van der Waals surface area contributed by atoms with Crippen LogP contribution in [0.3, 0.4) is 0 Å². The summed E-state index contributed by atoms with van der Waals surface area (Å²) in [5.74, 6) is 1.52. The third kappa shape index (κ3) is 4.69. The number of carbonyl (C=O) groups is 1. The van der Waals surface area contributed by atoms with E-state index in [4.69, 9.17) is 0 Å². The van der Waals surface area contributed by atoms with Crippen LogP contribution in [0.15, 0.2) is 52.8 Å². The highest BCUT2D eigenvalue weighted by molar-refractivity contribution is 5.86. The van der Waals surface area contributed by atoms with E-state index in [-0.39, 0.29) is 23.8 Å². The Morgan fingerprint density at radius 1 is 1.33 bits per heavy atom. The minimum absolute atomic E-state index is 0.0427. The zero-order valence-electron chi connectivity index (χ0n) is 18.9. The number of aldehydes is 1. The van der Waals surface area contributed by atoms with Gasteiger partial charge in [0.15, 0.2) is 5.82 Å². The van der Waals surface area contributed by atoms with E-state index >= 15 is 0 Å². The Hall–Kier alpha value is -3.82. The maximum absolute atomic E-state index is 12.0. The lowest BCUT2D eigenvalue weighted by Crippen LogP contribution is -2.50. The van der Waals surface area contributed by atoms with Crippen molar-refractivity contribution in [1.82, 2.24) is 9.97 Å². The van der Waals surface area contributed by atoms with Crippen LogP contribution in [-0.2, 0) is 4.79 Å². The second-order valence-corrected chi connectivity index (χ2v) is 8.52. The highest BCUT2D eigenvalue weighted by Crippen LogP contribution is 2.33. The van der Waals surface area contributed by atoms with E-state index in [0.717, 1.165) is 35.2 Å². The first-order chi connectivity index (χ1) is 15.9. The third-order valence-electron chi connectivity index (χ3n) is 5.93. The van der Waals surface area contributed by atoms with Gasteiger partial charge in [0.1, 0.15) is 17.8 Å². The fourth-order valence-corrected chi connectivity index (χ4v) is 4.22. The number of rotatable bonds is 7. The quantitative estimate of drug-likeness (QED) is 0.243. The normalized spacial score (nSPS) is 18.8. The summed E-state index contributed by atoms with van der Waals surface area (Å²) in [6.45, 7) is 4.59. The number of anilines is 2. The van der Waals surface area contributed by atoms with E-state index in [1.165, 1.54) is 6.07 Å². The van der Waals surface area contributed by atoms with Crippen molar-refractivity contribution in [2.75, 3.05) is 23.4 Å². The number of nitro groups is 1. The molecule has 0 spiro atoms. The van der Waals surface area contributed by atoms with Crippen LogP contribution in [-0.4, -0.2) is 52.9 Å². The first-order valence-corrected chi connectivity index (χ1v) is 10.9. The molecule has 1 aliphatic heterocycles. The monoisotopic (exact) mass is 449 g/mol. The number of hydrogen-bond donors (Lipinski definition) is 1. The van der Waals surface area contributed by atoms with E-state index in [9.17, 15) is 14.9 Å². The maximum atomic E-state index is 12.0. The van der Waals surface area contributed by atoms with Gasteiger partial charge >= 0.3 is 0 Å². The molecule has 2 unspecified atom stereocenters. The predicted octanol–water partition coefficient (Wildman–Crippen LogP) is 4.64. The Morgan fingerprint density at radius 2 is 2.15 bits per heavy atom. The molecule has 172 valence electrons. The summed E-state index contributed by atoms with van der Waals surface area (Å²) in [4.78, 5) is 34.6. The molecule has 10 heteroatoms. The first kappa shape index (κ1) is 22.4. The number of carbonyl (C=O) groups excluding carboxylic acids is 1. The second kappa shape index (κ2) is 9.35. The summed E-state index contributed by atoms with van der Waals surface area (Å²) in [6.07, 6.45) is 4.13. The molecule has 3 aromatic rings. The number of pyridine rings is 1. The van der Waals surface area contributed by atoms with Crippen molar-refractivity contribution in [1.29, 1.82) is 0 Å². The molecule has 1 aromatic carbocycles. The smallest absolute Gasteiger partial charge is 0.270 e. The summed E-state index contributed by atoms with van der Waals surface area (Å²) < 4.78 is 0. The Kier molecular flexibility index (Phi) is 6.34. The van der Waals surface area contributed by atoms with Crippen LogP contribution in [0.2, 0.25) is 0 Å². The molecular formula is C23H27N7O3. The molecule has 1 N–H and O–H groups in total. The molecule has 3 heterocycles. The van der Waals surface area contributed by atoms with Crippen molar-refractivity contribution >= 4 is 40.2 Å². The number of piperidine rings is 1. The van der Waals surface area contributed by atoms with Gasteiger partial charge in [-0.1, -0.05) is 0 Å². The van der Waals surface area contributed by atoms with Crippen molar-refractivity contribution in [2.45, 2.75) is 44.8 Å². The van der Waals surface area contributed by atoms with Crippen LogP contribution < -0.4 is 9.80 Å². The van der Waals surface area contributed by atoms with Crippen LogP contribution in [0.5, 0.6) is 0 Å².